The summed E-state index contributed by atoms with van der Waals surface area (Å²) in [6.07, 6.45) is 1.59. The highest BCUT2D eigenvalue weighted by Crippen LogP contribution is 2.44. The van der Waals surface area contributed by atoms with Gasteiger partial charge in [-0.05, 0) is 30.3 Å². The number of halogens is 1. The number of fused-ring (bicyclic) bond motifs is 2. The van der Waals surface area contributed by atoms with E-state index in [2.05, 4.69) is 5.32 Å². The lowest BCUT2D eigenvalue weighted by Crippen LogP contribution is -2.21. The van der Waals surface area contributed by atoms with Crippen molar-refractivity contribution in [1.29, 1.82) is 0 Å². The number of rotatable bonds is 4. The highest BCUT2D eigenvalue weighted by atomic mass is 35.5. The molecule has 124 valence electrons. The van der Waals surface area contributed by atoms with Crippen LogP contribution in [0.4, 0.5) is 5.69 Å². The Labute approximate surface area is 144 Å². The molecule has 6 heteroatoms. The van der Waals surface area contributed by atoms with Crippen LogP contribution in [0.15, 0.2) is 30.3 Å². The van der Waals surface area contributed by atoms with Crippen molar-refractivity contribution in [2.45, 2.75) is 12.8 Å². The van der Waals surface area contributed by atoms with Crippen molar-refractivity contribution in [3.05, 3.63) is 46.5 Å². The molecule has 0 aromatic heterocycles. The van der Waals surface area contributed by atoms with E-state index in [0.717, 1.165) is 41.2 Å². The first-order chi connectivity index (χ1) is 11.7. The highest BCUT2D eigenvalue weighted by molar-refractivity contribution is 6.30. The van der Waals surface area contributed by atoms with Gasteiger partial charge in [0.05, 0.1) is 18.9 Å². The van der Waals surface area contributed by atoms with Crippen LogP contribution in [-0.4, -0.2) is 25.7 Å². The lowest BCUT2D eigenvalue weighted by Gasteiger charge is -2.14. The number of anilines is 1. The Hall–Kier alpha value is -2.40. The second kappa shape index (κ2) is 6.24. The van der Waals surface area contributed by atoms with Gasteiger partial charge in [-0.1, -0.05) is 11.6 Å². The zero-order valence-electron chi connectivity index (χ0n) is 12.9. The number of hydrogen-bond donors (Lipinski definition) is 1. The minimum Gasteiger partial charge on any atom is -0.493 e. The van der Waals surface area contributed by atoms with Crippen LogP contribution in [0.5, 0.6) is 17.2 Å². The van der Waals surface area contributed by atoms with Gasteiger partial charge in [-0.2, -0.15) is 0 Å². The molecule has 0 spiro atoms. The fraction of sp³-hybridized carbons (Fsp3) is 0.278. The van der Waals surface area contributed by atoms with Gasteiger partial charge in [-0.3, -0.25) is 4.79 Å². The van der Waals surface area contributed by atoms with Gasteiger partial charge in [0.2, 0.25) is 0 Å². The molecule has 2 aliphatic rings. The number of ether oxygens (including phenoxy) is 3. The van der Waals surface area contributed by atoms with Crippen molar-refractivity contribution in [2.75, 3.05) is 25.1 Å². The van der Waals surface area contributed by atoms with Gasteiger partial charge >= 0.3 is 0 Å². The number of amides is 1. The fourth-order valence-electron chi connectivity index (χ4n) is 2.97. The van der Waals surface area contributed by atoms with Gasteiger partial charge in [0, 0.05) is 29.0 Å². The van der Waals surface area contributed by atoms with Gasteiger partial charge in [-0.15, -0.1) is 0 Å². The van der Waals surface area contributed by atoms with Crippen LogP contribution in [0.3, 0.4) is 0 Å². The molecule has 2 aromatic rings. The SMILES string of the molecule is O=C(COc1ccc(Cl)cc1)Nc1c2c(cc3c1OCC3)OCC2. The molecule has 0 saturated carbocycles. The molecule has 0 unspecified atom stereocenters. The number of carbonyl (C=O) groups is 1. The van der Waals surface area contributed by atoms with E-state index >= 15 is 0 Å². The van der Waals surface area contributed by atoms with E-state index in [9.17, 15) is 4.79 Å². The highest BCUT2D eigenvalue weighted by Gasteiger charge is 2.27. The molecular weight excluding hydrogens is 330 g/mol. The molecule has 2 aliphatic heterocycles. The van der Waals surface area contributed by atoms with Crippen LogP contribution >= 0.6 is 11.6 Å². The minimum absolute atomic E-state index is 0.0824. The zero-order chi connectivity index (χ0) is 16.5. The molecule has 0 bridgehead atoms. The van der Waals surface area contributed by atoms with Crippen molar-refractivity contribution in [3.8, 4) is 17.2 Å². The summed E-state index contributed by atoms with van der Waals surface area (Å²) in [5.41, 5.74) is 2.79. The number of nitrogens with one attached hydrogen (secondary N) is 1. The number of hydrogen-bond acceptors (Lipinski definition) is 4. The Kier molecular flexibility index (Phi) is 3.94. The van der Waals surface area contributed by atoms with Crippen LogP contribution in [-0.2, 0) is 17.6 Å². The lowest BCUT2D eigenvalue weighted by molar-refractivity contribution is -0.118. The third-order valence-electron chi connectivity index (χ3n) is 4.10. The first-order valence-electron chi connectivity index (χ1n) is 7.83. The second-order valence-corrected chi connectivity index (χ2v) is 6.14. The quantitative estimate of drug-likeness (QED) is 0.924. The molecule has 0 aliphatic carbocycles. The summed E-state index contributed by atoms with van der Waals surface area (Å²) in [6, 6.07) is 8.91. The van der Waals surface area contributed by atoms with E-state index in [4.69, 9.17) is 25.8 Å². The molecule has 0 atom stereocenters. The molecular formula is C18H16ClNO4. The summed E-state index contributed by atoms with van der Waals surface area (Å²) in [7, 11) is 0. The normalized spacial score (nSPS) is 14.4. The molecule has 0 saturated heterocycles. The Morgan fingerprint density at radius 1 is 1.17 bits per heavy atom. The zero-order valence-corrected chi connectivity index (χ0v) is 13.7. The Balaban J connectivity index is 1.49. The van der Waals surface area contributed by atoms with E-state index in [0.29, 0.717) is 24.0 Å². The van der Waals surface area contributed by atoms with Crippen molar-refractivity contribution < 1.29 is 19.0 Å². The number of benzene rings is 2. The predicted octanol–water partition coefficient (Wildman–Crippen LogP) is 3.23. The van der Waals surface area contributed by atoms with Gasteiger partial charge in [0.1, 0.15) is 17.2 Å². The van der Waals surface area contributed by atoms with Gasteiger partial charge < -0.3 is 19.5 Å². The number of carbonyl (C=O) groups excluding carboxylic acids is 1. The summed E-state index contributed by atoms with van der Waals surface area (Å²) in [6.45, 7) is 1.17. The molecule has 4 rings (SSSR count). The van der Waals surface area contributed by atoms with Crippen molar-refractivity contribution in [2.24, 2.45) is 0 Å². The lowest BCUT2D eigenvalue weighted by atomic mass is 10.0. The van der Waals surface area contributed by atoms with Crippen LogP contribution in [0.2, 0.25) is 5.02 Å². The van der Waals surface area contributed by atoms with Crippen molar-refractivity contribution in [3.63, 3.8) is 0 Å². The maximum Gasteiger partial charge on any atom is 0.262 e. The smallest absolute Gasteiger partial charge is 0.262 e. The van der Waals surface area contributed by atoms with Crippen molar-refractivity contribution in [1.82, 2.24) is 0 Å². The van der Waals surface area contributed by atoms with E-state index in [1.54, 1.807) is 24.3 Å². The van der Waals surface area contributed by atoms with E-state index in [1.165, 1.54) is 0 Å². The molecule has 2 heterocycles. The van der Waals surface area contributed by atoms with E-state index in [1.807, 2.05) is 6.07 Å². The molecule has 5 nitrogen and oxygen atoms in total. The maximum absolute atomic E-state index is 12.3. The summed E-state index contributed by atoms with van der Waals surface area (Å²) in [4.78, 5) is 12.3. The molecule has 24 heavy (non-hydrogen) atoms. The summed E-state index contributed by atoms with van der Waals surface area (Å²) in [5, 5.41) is 3.55. The monoisotopic (exact) mass is 345 g/mol. The Morgan fingerprint density at radius 3 is 2.79 bits per heavy atom. The minimum atomic E-state index is -0.233. The average Bonchev–Trinajstić information content (AvgIpc) is 3.23. The van der Waals surface area contributed by atoms with Crippen LogP contribution in [0.1, 0.15) is 11.1 Å². The van der Waals surface area contributed by atoms with Gasteiger partial charge in [0.15, 0.2) is 6.61 Å². The maximum atomic E-state index is 12.3. The molecule has 1 N–H and O–H groups in total. The molecule has 0 fully saturated rings. The molecule has 2 aromatic carbocycles. The average molecular weight is 346 g/mol. The molecule has 1 amide bonds. The topological polar surface area (TPSA) is 56.8 Å². The van der Waals surface area contributed by atoms with Crippen molar-refractivity contribution >= 4 is 23.2 Å². The third-order valence-corrected chi connectivity index (χ3v) is 4.35. The third kappa shape index (κ3) is 2.87. The van der Waals surface area contributed by atoms with Crippen LogP contribution < -0.4 is 19.5 Å². The summed E-state index contributed by atoms with van der Waals surface area (Å²) >= 11 is 5.83. The first-order valence-corrected chi connectivity index (χ1v) is 8.21. The Bertz CT molecular complexity index is 756. The van der Waals surface area contributed by atoms with Gasteiger partial charge in [0.25, 0.3) is 5.91 Å². The standard InChI is InChI=1S/C18H16ClNO4/c19-12-1-3-13(4-2-12)24-10-16(21)20-17-14-6-8-22-15(14)9-11-5-7-23-18(11)17/h1-4,9H,5-8,10H2,(H,20,21). The van der Waals surface area contributed by atoms with Crippen LogP contribution in [0, 0.1) is 0 Å². The van der Waals surface area contributed by atoms with Gasteiger partial charge in [-0.25, -0.2) is 0 Å². The largest absolute Gasteiger partial charge is 0.493 e. The predicted molar refractivity (Wildman–Crippen MR) is 90.4 cm³/mol. The van der Waals surface area contributed by atoms with Crippen LogP contribution in [0.25, 0.3) is 0 Å². The Morgan fingerprint density at radius 2 is 1.96 bits per heavy atom. The molecule has 0 radical (unpaired) electrons. The summed E-state index contributed by atoms with van der Waals surface area (Å²) < 4.78 is 16.8. The fourth-order valence-corrected chi connectivity index (χ4v) is 3.10. The second-order valence-electron chi connectivity index (χ2n) is 5.70. The van der Waals surface area contributed by atoms with E-state index in [-0.39, 0.29) is 12.5 Å². The first kappa shape index (κ1) is 15.1. The van der Waals surface area contributed by atoms with E-state index < -0.39 is 0 Å². The summed E-state index contributed by atoms with van der Waals surface area (Å²) in [5.74, 6) is 1.97.